The van der Waals surface area contributed by atoms with Gasteiger partial charge < -0.3 is 5.32 Å². The zero-order valence-corrected chi connectivity index (χ0v) is 15.0. The van der Waals surface area contributed by atoms with Crippen molar-refractivity contribution in [3.8, 4) is 0 Å². The number of nitrogens with one attached hydrogen (secondary N) is 1. The molecule has 0 aliphatic rings. The van der Waals surface area contributed by atoms with Crippen molar-refractivity contribution in [3.63, 3.8) is 0 Å². The van der Waals surface area contributed by atoms with Gasteiger partial charge >= 0.3 is 0 Å². The molecule has 0 heterocycles. The molecule has 6 heteroatoms. The Morgan fingerprint density at radius 2 is 1.90 bits per heavy atom. The second kappa shape index (κ2) is 7.18. The highest BCUT2D eigenvalue weighted by atomic mass is 79.9. The Morgan fingerprint density at radius 3 is 2.52 bits per heavy atom. The van der Waals surface area contributed by atoms with Crippen molar-refractivity contribution >= 4 is 43.5 Å². The van der Waals surface area contributed by atoms with E-state index in [4.69, 9.17) is 11.6 Å². The van der Waals surface area contributed by atoms with Crippen LogP contribution < -0.4 is 5.32 Å². The van der Waals surface area contributed by atoms with Crippen LogP contribution in [0.25, 0.3) is 0 Å². The molecule has 21 heavy (non-hydrogen) atoms. The standard InChI is InChI=1S/C15H12Br2ClF2N/c1-21-14(8-4-9(16)6-10(18)5-8)7-11-13(19)3-2-12(17)15(11)20/h2-6,14,21H,7H2,1H3. The van der Waals surface area contributed by atoms with E-state index in [1.807, 2.05) is 6.07 Å². The van der Waals surface area contributed by atoms with E-state index in [0.717, 1.165) is 10.0 Å². The molecule has 0 amide bonds. The van der Waals surface area contributed by atoms with E-state index in [0.29, 0.717) is 5.02 Å². The Balaban J connectivity index is 2.38. The van der Waals surface area contributed by atoms with E-state index in [1.165, 1.54) is 12.1 Å². The van der Waals surface area contributed by atoms with Crippen LogP contribution in [0.2, 0.25) is 5.02 Å². The van der Waals surface area contributed by atoms with Gasteiger partial charge in [-0.05, 0) is 65.3 Å². The number of hydrogen-bond donors (Lipinski definition) is 1. The smallest absolute Gasteiger partial charge is 0.143 e. The number of likely N-dealkylation sites (N-methyl/N-ethyl adjacent to an activating group) is 1. The van der Waals surface area contributed by atoms with Gasteiger partial charge in [0.2, 0.25) is 0 Å². The van der Waals surface area contributed by atoms with E-state index in [9.17, 15) is 8.78 Å². The predicted octanol–water partition coefficient (Wildman–Crippen LogP) is 5.65. The van der Waals surface area contributed by atoms with Gasteiger partial charge in [-0.1, -0.05) is 27.5 Å². The number of benzene rings is 2. The first-order chi connectivity index (χ1) is 9.92. The largest absolute Gasteiger partial charge is 0.313 e. The van der Waals surface area contributed by atoms with Crippen molar-refractivity contribution in [2.45, 2.75) is 12.5 Å². The average Bonchev–Trinajstić information content (AvgIpc) is 2.42. The summed E-state index contributed by atoms with van der Waals surface area (Å²) < 4.78 is 29.0. The Hall–Kier alpha value is -0.490. The Bertz CT molecular complexity index is 644. The molecule has 0 saturated heterocycles. The van der Waals surface area contributed by atoms with Crippen LogP contribution in [0, 0.1) is 11.6 Å². The van der Waals surface area contributed by atoms with Crippen molar-refractivity contribution in [2.24, 2.45) is 0 Å². The molecule has 0 fully saturated rings. The summed E-state index contributed by atoms with van der Waals surface area (Å²) in [4.78, 5) is 0. The highest BCUT2D eigenvalue weighted by Crippen LogP contribution is 2.29. The highest BCUT2D eigenvalue weighted by Gasteiger charge is 2.18. The van der Waals surface area contributed by atoms with Gasteiger partial charge in [0, 0.05) is 21.1 Å². The minimum atomic E-state index is -0.573. The summed E-state index contributed by atoms with van der Waals surface area (Å²) in [5.41, 5.74) is 0.899. The van der Waals surface area contributed by atoms with Gasteiger partial charge in [0.25, 0.3) is 0 Å². The Kier molecular flexibility index (Phi) is 5.77. The van der Waals surface area contributed by atoms with Crippen molar-refractivity contribution in [2.75, 3.05) is 7.05 Å². The van der Waals surface area contributed by atoms with E-state index < -0.39 is 11.6 Å². The molecule has 0 radical (unpaired) electrons. The topological polar surface area (TPSA) is 12.0 Å². The third-order valence-electron chi connectivity index (χ3n) is 3.18. The van der Waals surface area contributed by atoms with Gasteiger partial charge in [-0.2, -0.15) is 0 Å². The molecule has 1 N–H and O–H groups in total. The molecule has 0 aliphatic carbocycles. The first-order valence-corrected chi connectivity index (χ1v) is 8.14. The van der Waals surface area contributed by atoms with Crippen LogP contribution in [0.3, 0.4) is 0 Å². The molecule has 0 bridgehead atoms. The lowest BCUT2D eigenvalue weighted by Gasteiger charge is -2.18. The quantitative estimate of drug-likeness (QED) is 0.608. The Morgan fingerprint density at radius 1 is 1.19 bits per heavy atom. The van der Waals surface area contributed by atoms with Gasteiger partial charge in [0.15, 0.2) is 0 Å². The first-order valence-electron chi connectivity index (χ1n) is 6.18. The first kappa shape index (κ1) is 16.9. The van der Waals surface area contributed by atoms with Crippen LogP contribution >= 0.6 is 43.5 Å². The SMILES string of the molecule is CNC(Cc1c(F)ccc(Br)c1F)c1cc(Cl)cc(Br)c1. The molecule has 1 unspecified atom stereocenters. The maximum Gasteiger partial charge on any atom is 0.143 e. The van der Waals surface area contributed by atoms with E-state index in [2.05, 4.69) is 37.2 Å². The van der Waals surface area contributed by atoms with E-state index in [1.54, 1.807) is 19.2 Å². The molecular formula is C15H12Br2ClF2N. The fourth-order valence-corrected chi connectivity index (χ4v) is 3.38. The van der Waals surface area contributed by atoms with Crippen LogP contribution in [0.4, 0.5) is 8.78 Å². The third kappa shape index (κ3) is 4.03. The van der Waals surface area contributed by atoms with Crippen molar-refractivity contribution in [3.05, 3.63) is 67.1 Å². The molecule has 0 aromatic heterocycles. The predicted molar refractivity (Wildman–Crippen MR) is 88.7 cm³/mol. The summed E-state index contributed by atoms with van der Waals surface area (Å²) in [6, 6.07) is 7.78. The minimum absolute atomic E-state index is 0.0415. The number of rotatable bonds is 4. The summed E-state index contributed by atoms with van der Waals surface area (Å²) in [5.74, 6) is -1.13. The monoisotopic (exact) mass is 437 g/mol. The molecule has 0 aliphatic heterocycles. The summed E-state index contributed by atoms with van der Waals surface area (Å²) >= 11 is 12.5. The minimum Gasteiger partial charge on any atom is -0.313 e. The maximum absolute atomic E-state index is 14.1. The molecule has 0 saturated carbocycles. The average molecular weight is 440 g/mol. The lowest BCUT2D eigenvalue weighted by Crippen LogP contribution is -2.20. The van der Waals surface area contributed by atoms with Crippen LogP contribution in [-0.4, -0.2) is 7.05 Å². The van der Waals surface area contributed by atoms with E-state index >= 15 is 0 Å². The molecule has 1 atom stereocenters. The molecule has 1 nitrogen and oxygen atoms in total. The second-order valence-corrected chi connectivity index (χ2v) is 6.78. The van der Waals surface area contributed by atoms with E-state index in [-0.39, 0.29) is 22.5 Å². The molecule has 0 spiro atoms. The van der Waals surface area contributed by atoms with Gasteiger partial charge in [-0.3, -0.25) is 0 Å². The van der Waals surface area contributed by atoms with Crippen LogP contribution in [0.15, 0.2) is 39.3 Å². The molecule has 2 rings (SSSR count). The Labute approximate surface area is 144 Å². The van der Waals surface area contributed by atoms with Gasteiger partial charge in [-0.15, -0.1) is 0 Å². The van der Waals surface area contributed by atoms with Crippen molar-refractivity contribution in [1.82, 2.24) is 5.32 Å². The molecule has 2 aromatic rings. The molecule has 2 aromatic carbocycles. The zero-order chi connectivity index (χ0) is 15.6. The van der Waals surface area contributed by atoms with Crippen LogP contribution in [-0.2, 0) is 6.42 Å². The third-order valence-corrected chi connectivity index (χ3v) is 4.47. The highest BCUT2D eigenvalue weighted by molar-refractivity contribution is 9.10. The van der Waals surface area contributed by atoms with Crippen LogP contribution in [0.5, 0.6) is 0 Å². The second-order valence-electron chi connectivity index (χ2n) is 4.57. The summed E-state index contributed by atoms with van der Waals surface area (Å²) in [6.07, 6.45) is 0.181. The van der Waals surface area contributed by atoms with Gasteiger partial charge in [-0.25, -0.2) is 8.78 Å². The normalized spacial score (nSPS) is 12.5. The zero-order valence-electron chi connectivity index (χ0n) is 11.1. The summed E-state index contributed by atoms with van der Waals surface area (Å²) in [6.45, 7) is 0. The molecule has 112 valence electrons. The van der Waals surface area contributed by atoms with Gasteiger partial charge in [0.05, 0.1) is 4.47 Å². The number of hydrogen-bond acceptors (Lipinski definition) is 1. The lowest BCUT2D eigenvalue weighted by molar-refractivity contribution is 0.512. The van der Waals surface area contributed by atoms with Crippen molar-refractivity contribution < 1.29 is 8.78 Å². The maximum atomic E-state index is 14.1. The summed E-state index contributed by atoms with van der Waals surface area (Å²) in [5, 5.41) is 3.63. The van der Waals surface area contributed by atoms with Crippen LogP contribution in [0.1, 0.15) is 17.2 Å². The fourth-order valence-electron chi connectivity index (χ4n) is 2.12. The summed E-state index contributed by atoms with van der Waals surface area (Å²) in [7, 11) is 1.74. The van der Waals surface area contributed by atoms with Crippen molar-refractivity contribution in [1.29, 1.82) is 0 Å². The molecular weight excluding hydrogens is 427 g/mol. The lowest BCUT2D eigenvalue weighted by atomic mass is 9.98. The fraction of sp³-hybridized carbons (Fsp3) is 0.200. The number of halogens is 5. The van der Waals surface area contributed by atoms with Gasteiger partial charge in [0.1, 0.15) is 11.6 Å².